The standard InChI is InChI=1S/C20H22N4O2/c1-26-10-9-24-19-11-16(8-7-15(19)13-21-24)22-20(25)23-18-12-17(18)14-5-3-2-4-6-14/h2-8,11,13,17-18H,9-10,12H2,1H3,(H2,22,23,25). The average Bonchev–Trinajstić information content (AvgIpc) is 3.31. The minimum atomic E-state index is -0.171. The Morgan fingerprint density at radius 2 is 2.12 bits per heavy atom. The molecule has 1 aliphatic carbocycles. The van der Waals surface area contributed by atoms with E-state index < -0.39 is 0 Å². The summed E-state index contributed by atoms with van der Waals surface area (Å²) in [5.41, 5.74) is 3.01. The van der Waals surface area contributed by atoms with Crippen molar-refractivity contribution in [2.24, 2.45) is 0 Å². The van der Waals surface area contributed by atoms with Crippen molar-refractivity contribution in [1.82, 2.24) is 15.1 Å². The molecule has 2 atom stereocenters. The van der Waals surface area contributed by atoms with Crippen LogP contribution in [-0.4, -0.2) is 35.6 Å². The van der Waals surface area contributed by atoms with Gasteiger partial charge in [-0.2, -0.15) is 5.10 Å². The van der Waals surface area contributed by atoms with E-state index >= 15 is 0 Å². The van der Waals surface area contributed by atoms with Gasteiger partial charge in [0.15, 0.2) is 0 Å². The smallest absolute Gasteiger partial charge is 0.319 e. The highest BCUT2D eigenvalue weighted by atomic mass is 16.5. The first-order valence-electron chi connectivity index (χ1n) is 8.81. The molecule has 2 unspecified atom stereocenters. The topological polar surface area (TPSA) is 68.2 Å². The fraction of sp³-hybridized carbons (Fsp3) is 0.300. The molecule has 1 heterocycles. The van der Waals surface area contributed by atoms with Crippen LogP contribution in [0.2, 0.25) is 0 Å². The van der Waals surface area contributed by atoms with Gasteiger partial charge in [0.05, 0.1) is 24.9 Å². The summed E-state index contributed by atoms with van der Waals surface area (Å²) >= 11 is 0. The number of benzene rings is 2. The SMILES string of the molecule is COCCn1ncc2ccc(NC(=O)NC3CC3c3ccccc3)cc21. The van der Waals surface area contributed by atoms with Gasteiger partial charge in [-0.1, -0.05) is 30.3 Å². The largest absolute Gasteiger partial charge is 0.383 e. The summed E-state index contributed by atoms with van der Waals surface area (Å²) in [6.45, 7) is 1.27. The third-order valence-corrected chi connectivity index (χ3v) is 4.74. The van der Waals surface area contributed by atoms with Crippen molar-refractivity contribution in [1.29, 1.82) is 0 Å². The van der Waals surface area contributed by atoms with Gasteiger partial charge >= 0.3 is 6.03 Å². The molecule has 2 amide bonds. The molecule has 0 bridgehead atoms. The number of anilines is 1. The minimum absolute atomic E-state index is 0.171. The maximum absolute atomic E-state index is 12.3. The Morgan fingerprint density at radius 3 is 2.92 bits per heavy atom. The lowest BCUT2D eigenvalue weighted by molar-refractivity contribution is 0.185. The van der Waals surface area contributed by atoms with Crippen LogP contribution in [0, 0.1) is 0 Å². The van der Waals surface area contributed by atoms with Crippen molar-refractivity contribution in [2.75, 3.05) is 19.0 Å². The Morgan fingerprint density at radius 1 is 1.27 bits per heavy atom. The van der Waals surface area contributed by atoms with E-state index in [2.05, 4.69) is 27.9 Å². The Balaban J connectivity index is 1.38. The molecule has 2 aromatic carbocycles. The summed E-state index contributed by atoms with van der Waals surface area (Å²) in [7, 11) is 1.67. The molecule has 1 aromatic heterocycles. The zero-order valence-electron chi connectivity index (χ0n) is 14.7. The number of ether oxygens (including phenoxy) is 1. The zero-order valence-corrected chi connectivity index (χ0v) is 14.7. The molecule has 1 fully saturated rings. The summed E-state index contributed by atoms with van der Waals surface area (Å²) in [4.78, 5) is 12.3. The monoisotopic (exact) mass is 350 g/mol. The fourth-order valence-electron chi connectivity index (χ4n) is 3.26. The molecule has 26 heavy (non-hydrogen) atoms. The van der Waals surface area contributed by atoms with Gasteiger partial charge in [-0.15, -0.1) is 0 Å². The van der Waals surface area contributed by atoms with Crippen LogP contribution in [0.5, 0.6) is 0 Å². The second kappa shape index (κ2) is 7.17. The van der Waals surface area contributed by atoms with Gasteiger partial charge in [0.2, 0.25) is 0 Å². The van der Waals surface area contributed by atoms with Gasteiger partial charge < -0.3 is 15.4 Å². The first-order chi connectivity index (χ1) is 12.7. The number of nitrogens with one attached hydrogen (secondary N) is 2. The molecular weight excluding hydrogens is 328 g/mol. The van der Waals surface area contributed by atoms with Gasteiger partial charge in [0, 0.05) is 30.1 Å². The highest BCUT2D eigenvalue weighted by molar-refractivity contribution is 5.92. The summed E-state index contributed by atoms with van der Waals surface area (Å²) in [5.74, 6) is 0.417. The highest BCUT2D eigenvalue weighted by Crippen LogP contribution is 2.40. The van der Waals surface area contributed by atoms with Gasteiger partial charge in [-0.3, -0.25) is 4.68 Å². The molecule has 4 rings (SSSR count). The minimum Gasteiger partial charge on any atom is -0.383 e. The third kappa shape index (κ3) is 3.55. The lowest BCUT2D eigenvalue weighted by atomic mass is 10.1. The molecule has 2 N–H and O–H groups in total. The van der Waals surface area contributed by atoms with E-state index in [0.717, 1.165) is 23.0 Å². The first-order valence-corrected chi connectivity index (χ1v) is 8.81. The Kier molecular flexibility index (Phi) is 4.58. The van der Waals surface area contributed by atoms with Crippen molar-refractivity contribution in [3.63, 3.8) is 0 Å². The van der Waals surface area contributed by atoms with Crippen molar-refractivity contribution in [2.45, 2.75) is 24.9 Å². The zero-order chi connectivity index (χ0) is 17.9. The predicted molar refractivity (Wildman–Crippen MR) is 101 cm³/mol. The number of carbonyl (C=O) groups excluding carboxylic acids is 1. The molecule has 6 nitrogen and oxygen atoms in total. The Labute approximate surface area is 152 Å². The number of amides is 2. The fourth-order valence-corrected chi connectivity index (χ4v) is 3.26. The second-order valence-electron chi connectivity index (χ2n) is 6.59. The van der Waals surface area contributed by atoms with Gasteiger partial charge in [-0.05, 0) is 30.2 Å². The van der Waals surface area contributed by atoms with Crippen LogP contribution < -0.4 is 10.6 Å². The predicted octanol–water partition coefficient (Wildman–Crippen LogP) is 3.36. The number of methoxy groups -OCH3 is 1. The summed E-state index contributed by atoms with van der Waals surface area (Å²) in [6.07, 6.45) is 2.81. The van der Waals surface area contributed by atoms with E-state index in [1.165, 1.54) is 5.56 Å². The van der Waals surface area contributed by atoms with Crippen LogP contribution in [-0.2, 0) is 11.3 Å². The van der Waals surface area contributed by atoms with Crippen LogP contribution in [0.1, 0.15) is 17.9 Å². The number of hydrogen-bond donors (Lipinski definition) is 2. The van der Waals surface area contributed by atoms with E-state index in [4.69, 9.17) is 4.74 Å². The van der Waals surface area contributed by atoms with E-state index in [9.17, 15) is 4.79 Å². The molecule has 1 saturated carbocycles. The van der Waals surface area contributed by atoms with Crippen LogP contribution in [0.15, 0.2) is 54.7 Å². The second-order valence-corrected chi connectivity index (χ2v) is 6.59. The van der Waals surface area contributed by atoms with Crippen molar-refractivity contribution < 1.29 is 9.53 Å². The number of carbonyl (C=O) groups is 1. The van der Waals surface area contributed by atoms with Crippen LogP contribution in [0.4, 0.5) is 10.5 Å². The quantitative estimate of drug-likeness (QED) is 0.716. The van der Waals surface area contributed by atoms with Crippen molar-refractivity contribution in [3.05, 3.63) is 60.3 Å². The molecule has 0 spiro atoms. The lowest BCUT2D eigenvalue weighted by Crippen LogP contribution is -2.31. The third-order valence-electron chi connectivity index (χ3n) is 4.74. The molecule has 0 aliphatic heterocycles. The molecule has 0 radical (unpaired) electrons. The number of rotatable bonds is 6. The molecule has 6 heteroatoms. The maximum Gasteiger partial charge on any atom is 0.319 e. The van der Waals surface area contributed by atoms with Crippen LogP contribution in [0.3, 0.4) is 0 Å². The van der Waals surface area contributed by atoms with Gasteiger partial charge in [0.1, 0.15) is 0 Å². The summed E-state index contributed by atoms with van der Waals surface area (Å²) < 4.78 is 7.00. The number of fused-ring (bicyclic) bond motifs is 1. The molecule has 3 aromatic rings. The van der Waals surface area contributed by atoms with E-state index in [-0.39, 0.29) is 12.1 Å². The Hall–Kier alpha value is -2.86. The average molecular weight is 350 g/mol. The summed E-state index contributed by atoms with van der Waals surface area (Å²) in [6, 6.07) is 16.1. The number of hydrogen-bond acceptors (Lipinski definition) is 3. The maximum atomic E-state index is 12.3. The van der Waals surface area contributed by atoms with Crippen molar-refractivity contribution >= 4 is 22.6 Å². The Bertz CT molecular complexity index is 907. The van der Waals surface area contributed by atoms with E-state index in [1.54, 1.807) is 7.11 Å². The number of aromatic nitrogens is 2. The summed E-state index contributed by atoms with van der Waals surface area (Å²) in [5, 5.41) is 11.4. The van der Waals surface area contributed by atoms with Gasteiger partial charge in [-0.25, -0.2) is 4.79 Å². The normalized spacial score (nSPS) is 18.7. The van der Waals surface area contributed by atoms with E-state index in [0.29, 0.717) is 19.1 Å². The first kappa shape index (κ1) is 16.6. The number of urea groups is 1. The molecular formula is C20H22N4O2. The van der Waals surface area contributed by atoms with Crippen molar-refractivity contribution in [3.8, 4) is 0 Å². The number of nitrogens with zero attached hydrogens (tertiary/aromatic N) is 2. The van der Waals surface area contributed by atoms with Crippen LogP contribution in [0.25, 0.3) is 10.9 Å². The molecule has 1 aliphatic rings. The van der Waals surface area contributed by atoms with E-state index in [1.807, 2.05) is 47.3 Å². The lowest BCUT2D eigenvalue weighted by Gasteiger charge is -2.09. The van der Waals surface area contributed by atoms with Gasteiger partial charge in [0.25, 0.3) is 0 Å². The highest BCUT2D eigenvalue weighted by Gasteiger charge is 2.39. The molecule has 0 saturated heterocycles. The molecule has 134 valence electrons. The van der Waals surface area contributed by atoms with Crippen LogP contribution >= 0.6 is 0 Å².